The average Bonchev–Trinajstić information content (AvgIpc) is 3.03. The first-order valence-electron chi connectivity index (χ1n) is 5.82. The third-order valence-corrected chi connectivity index (χ3v) is 3.18. The van der Waals surface area contributed by atoms with E-state index in [0.717, 1.165) is 38.8 Å². The standard InChI is InChI=1S/C11H20N2O2/c1-15-10-4-6-13(7-5-10)8-11(14)12-9-2-3-9/h9-10H,2-8H2,1H3,(H,12,14). The van der Waals surface area contributed by atoms with E-state index in [-0.39, 0.29) is 5.91 Å². The van der Waals surface area contributed by atoms with Gasteiger partial charge in [0, 0.05) is 26.2 Å². The minimum Gasteiger partial charge on any atom is -0.381 e. The van der Waals surface area contributed by atoms with E-state index >= 15 is 0 Å². The minimum absolute atomic E-state index is 0.188. The van der Waals surface area contributed by atoms with Gasteiger partial charge in [0.2, 0.25) is 5.91 Å². The molecule has 0 radical (unpaired) electrons. The molecule has 1 aliphatic heterocycles. The zero-order chi connectivity index (χ0) is 10.7. The van der Waals surface area contributed by atoms with E-state index in [1.807, 2.05) is 0 Å². The zero-order valence-electron chi connectivity index (χ0n) is 9.37. The van der Waals surface area contributed by atoms with Crippen molar-refractivity contribution in [1.82, 2.24) is 10.2 Å². The SMILES string of the molecule is COC1CCN(CC(=O)NC2CC2)CC1. The van der Waals surface area contributed by atoms with Crippen LogP contribution in [-0.2, 0) is 9.53 Å². The van der Waals surface area contributed by atoms with E-state index in [9.17, 15) is 4.79 Å². The first-order valence-corrected chi connectivity index (χ1v) is 5.82. The maximum atomic E-state index is 11.5. The first kappa shape index (κ1) is 10.9. The van der Waals surface area contributed by atoms with Crippen LogP contribution in [-0.4, -0.2) is 49.7 Å². The van der Waals surface area contributed by atoms with Crippen molar-refractivity contribution >= 4 is 5.91 Å². The number of likely N-dealkylation sites (tertiary alicyclic amines) is 1. The smallest absolute Gasteiger partial charge is 0.234 e. The summed E-state index contributed by atoms with van der Waals surface area (Å²) < 4.78 is 5.29. The van der Waals surface area contributed by atoms with Gasteiger partial charge in [0.25, 0.3) is 0 Å². The van der Waals surface area contributed by atoms with Crippen LogP contribution in [0, 0.1) is 0 Å². The normalized spacial score (nSPS) is 24.1. The number of amides is 1. The van der Waals surface area contributed by atoms with Crippen molar-refractivity contribution < 1.29 is 9.53 Å². The second-order valence-corrected chi connectivity index (χ2v) is 4.55. The number of methoxy groups -OCH3 is 1. The average molecular weight is 212 g/mol. The van der Waals surface area contributed by atoms with Crippen molar-refractivity contribution in [2.45, 2.75) is 37.8 Å². The van der Waals surface area contributed by atoms with Crippen LogP contribution in [0.25, 0.3) is 0 Å². The number of nitrogens with zero attached hydrogens (tertiary/aromatic N) is 1. The predicted octanol–water partition coefficient (Wildman–Crippen LogP) is 0.376. The fourth-order valence-electron chi connectivity index (χ4n) is 2.01. The highest BCUT2D eigenvalue weighted by Gasteiger charge is 2.25. The maximum absolute atomic E-state index is 11.5. The van der Waals surface area contributed by atoms with E-state index in [4.69, 9.17) is 4.74 Å². The van der Waals surface area contributed by atoms with Crippen molar-refractivity contribution in [2.75, 3.05) is 26.7 Å². The first-order chi connectivity index (χ1) is 7.28. The molecule has 0 aromatic rings. The molecule has 1 saturated carbocycles. The maximum Gasteiger partial charge on any atom is 0.234 e. The third kappa shape index (κ3) is 3.47. The number of rotatable bonds is 4. The van der Waals surface area contributed by atoms with Crippen LogP contribution in [0.2, 0.25) is 0 Å². The molecule has 1 amide bonds. The van der Waals surface area contributed by atoms with E-state index in [1.54, 1.807) is 7.11 Å². The molecule has 0 bridgehead atoms. The summed E-state index contributed by atoms with van der Waals surface area (Å²) in [6.45, 7) is 2.53. The molecule has 4 heteroatoms. The Balaban J connectivity index is 1.64. The van der Waals surface area contributed by atoms with Gasteiger partial charge in [-0.1, -0.05) is 0 Å². The lowest BCUT2D eigenvalue weighted by atomic mass is 10.1. The molecular formula is C11H20N2O2. The molecule has 0 spiro atoms. The second-order valence-electron chi connectivity index (χ2n) is 4.55. The molecule has 86 valence electrons. The number of carbonyl (C=O) groups excluding carboxylic acids is 1. The van der Waals surface area contributed by atoms with Gasteiger partial charge in [0.1, 0.15) is 0 Å². The van der Waals surface area contributed by atoms with Crippen LogP contribution < -0.4 is 5.32 Å². The molecule has 0 aromatic heterocycles. The Bertz CT molecular complexity index is 221. The molecule has 2 aliphatic rings. The van der Waals surface area contributed by atoms with Crippen LogP contribution in [0.1, 0.15) is 25.7 Å². The Morgan fingerprint density at radius 2 is 2.00 bits per heavy atom. The molecule has 2 rings (SSSR count). The van der Waals surface area contributed by atoms with Crippen LogP contribution in [0.15, 0.2) is 0 Å². The molecule has 0 atom stereocenters. The number of hydrogen-bond acceptors (Lipinski definition) is 3. The molecule has 1 saturated heterocycles. The Hall–Kier alpha value is -0.610. The Labute approximate surface area is 91.0 Å². The van der Waals surface area contributed by atoms with Crippen molar-refractivity contribution in [3.63, 3.8) is 0 Å². The van der Waals surface area contributed by atoms with Crippen molar-refractivity contribution in [3.05, 3.63) is 0 Å². The van der Waals surface area contributed by atoms with E-state index < -0.39 is 0 Å². The third-order valence-electron chi connectivity index (χ3n) is 3.18. The van der Waals surface area contributed by atoms with Gasteiger partial charge in [-0.2, -0.15) is 0 Å². The van der Waals surface area contributed by atoms with E-state index in [0.29, 0.717) is 18.7 Å². The summed E-state index contributed by atoms with van der Waals surface area (Å²) in [7, 11) is 1.76. The van der Waals surface area contributed by atoms with Crippen molar-refractivity contribution in [2.24, 2.45) is 0 Å². The summed E-state index contributed by atoms with van der Waals surface area (Å²) in [4.78, 5) is 13.7. The summed E-state index contributed by atoms with van der Waals surface area (Å²) >= 11 is 0. The summed E-state index contributed by atoms with van der Waals surface area (Å²) in [5.74, 6) is 0.188. The van der Waals surface area contributed by atoms with Gasteiger partial charge in [0.05, 0.1) is 12.6 Å². The van der Waals surface area contributed by atoms with Gasteiger partial charge >= 0.3 is 0 Å². The van der Waals surface area contributed by atoms with E-state index in [1.165, 1.54) is 0 Å². The number of hydrogen-bond donors (Lipinski definition) is 1. The van der Waals surface area contributed by atoms with E-state index in [2.05, 4.69) is 10.2 Å². The highest BCUT2D eigenvalue weighted by molar-refractivity contribution is 5.78. The molecule has 2 fully saturated rings. The molecule has 0 unspecified atom stereocenters. The summed E-state index contributed by atoms with van der Waals surface area (Å²) in [5, 5.41) is 3.01. The Kier molecular flexibility index (Phi) is 3.59. The van der Waals surface area contributed by atoms with Crippen LogP contribution >= 0.6 is 0 Å². The van der Waals surface area contributed by atoms with Crippen LogP contribution in [0.4, 0.5) is 0 Å². The quantitative estimate of drug-likeness (QED) is 0.732. The molecule has 15 heavy (non-hydrogen) atoms. The topological polar surface area (TPSA) is 41.6 Å². The number of ether oxygens (including phenoxy) is 1. The number of carbonyl (C=O) groups is 1. The molecule has 1 heterocycles. The fraction of sp³-hybridized carbons (Fsp3) is 0.909. The lowest BCUT2D eigenvalue weighted by Gasteiger charge is -2.30. The monoisotopic (exact) mass is 212 g/mol. The molecule has 1 aliphatic carbocycles. The van der Waals surface area contributed by atoms with Gasteiger partial charge in [0.15, 0.2) is 0 Å². The van der Waals surface area contributed by atoms with Gasteiger partial charge in [-0.05, 0) is 25.7 Å². The van der Waals surface area contributed by atoms with Gasteiger partial charge in [-0.3, -0.25) is 9.69 Å². The van der Waals surface area contributed by atoms with Crippen LogP contribution in [0.5, 0.6) is 0 Å². The Morgan fingerprint density at radius 3 is 2.53 bits per heavy atom. The van der Waals surface area contributed by atoms with Gasteiger partial charge in [-0.25, -0.2) is 0 Å². The molecular weight excluding hydrogens is 192 g/mol. The fourth-order valence-corrected chi connectivity index (χ4v) is 2.01. The molecule has 0 aromatic carbocycles. The van der Waals surface area contributed by atoms with Crippen molar-refractivity contribution in [3.8, 4) is 0 Å². The predicted molar refractivity (Wildman–Crippen MR) is 57.6 cm³/mol. The minimum atomic E-state index is 0.188. The Morgan fingerprint density at radius 1 is 1.33 bits per heavy atom. The summed E-state index contributed by atoms with van der Waals surface area (Å²) in [6.07, 6.45) is 4.82. The molecule has 1 N–H and O–H groups in total. The molecule has 4 nitrogen and oxygen atoms in total. The summed E-state index contributed by atoms with van der Waals surface area (Å²) in [5.41, 5.74) is 0. The highest BCUT2D eigenvalue weighted by Crippen LogP contribution is 2.18. The number of nitrogens with one attached hydrogen (secondary N) is 1. The van der Waals surface area contributed by atoms with Crippen LogP contribution in [0.3, 0.4) is 0 Å². The second kappa shape index (κ2) is 4.94. The summed E-state index contributed by atoms with van der Waals surface area (Å²) in [6, 6.07) is 0.481. The largest absolute Gasteiger partial charge is 0.381 e. The lowest BCUT2D eigenvalue weighted by Crippen LogP contribution is -2.43. The lowest BCUT2D eigenvalue weighted by molar-refractivity contribution is -0.123. The van der Waals surface area contributed by atoms with Crippen molar-refractivity contribution in [1.29, 1.82) is 0 Å². The van der Waals surface area contributed by atoms with Gasteiger partial charge in [-0.15, -0.1) is 0 Å². The number of piperidine rings is 1. The van der Waals surface area contributed by atoms with Gasteiger partial charge < -0.3 is 10.1 Å². The zero-order valence-corrected chi connectivity index (χ0v) is 9.37. The highest BCUT2D eigenvalue weighted by atomic mass is 16.5.